The molecule has 0 bridgehead atoms. The van der Waals surface area contributed by atoms with Crippen LogP contribution in [-0.4, -0.2) is 31.5 Å². The van der Waals surface area contributed by atoms with Crippen LogP contribution in [-0.2, 0) is 4.74 Å². The van der Waals surface area contributed by atoms with Crippen molar-refractivity contribution in [2.45, 2.75) is 26.8 Å². The van der Waals surface area contributed by atoms with Gasteiger partial charge < -0.3 is 19.9 Å². The zero-order chi connectivity index (χ0) is 15.8. The lowest BCUT2D eigenvalue weighted by molar-refractivity contribution is 0.122. The molecule has 1 amide bonds. The number of rotatable bonds is 7. The fourth-order valence-corrected chi connectivity index (χ4v) is 2.25. The third-order valence-electron chi connectivity index (χ3n) is 3.52. The van der Waals surface area contributed by atoms with E-state index < -0.39 is 6.09 Å². The molecule has 5 heteroatoms. The summed E-state index contributed by atoms with van der Waals surface area (Å²) >= 11 is 0. The summed E-state index contributed by atoms with van der Waals surface area (Å²) in [4.78, 5) is 11.8. The van der Waals surface area contributed by atoms with Crippen molar-refractivity contribution in [3.63, 3.8) is 0 Å². The molecule has 0 aliphatic carbocycles. The maximum Gasteiger partial charge on any atom is 0.407 e. The molecule has 0 saturated heterocycles. The summed E-state index contributed by atoms with van der Waals surface area (Å²) in [5.41, 5.74) is 0.914. The van der Waals surface area contributed by atoms with Gasteiger partial charge in [0.2, 0.25) is 0 Å². The molecule has 2 N–H and O–H groups in total. The summed E-state index contributed by atoms with van der Waals surface area (Å²) in [6.07, 6.45) is -0.475. The van der Waals surface area contributed by atoms with Crippen molar-refractivity contribution in [1.29, 1.82) is 0 Å². The van der Waals surface area contributed by atoms with Crippen LogP contribution >= 0.6 is 0 Å². The van der Waals surface area contributed by atoms with Gasteiger partial charge in [0.15, 0.2) is 0 Å². The largest absolute Gasteiger partial charge is 0.497 e. The number of nitrogens with one attached hydrogen (secondary N) is 1. The van der Waals surface area contributed by atoms with Crippen molar-refractivity contribution >= 4 is 6.09 Å². The second-order valence-electron chi connectivity index (χ2n) is 5.21. The second kappa shape index (κ2) is 8.52. The van der Waals surface area contributed by atoms with Gasteiger partial charge in [-0.3, -0.25) is 0 Å². The Labute approximate surface area is 126 Å². The molecule has 0 heterocycles. The number of hydrogen-bond acceptors (Lipinski definition) is 4. The van der Waals surface area contributed by atoms with E-state index in [1.165, 1.54) is 0 Å². The van der Waals surface area contributed by atoms with Gasteiger partial charge in [0, 0.05) is 12.5 Å². The minimum atomic E-state index is -0.475. The summed E-state index contributed by atoms with van der Waals surface area (Å²) in [6.45, 7) is 6.09. The van der Waals surface area contributed by atoms with Crippen LogP contribution in [0.2, 0.25) is 0 Å². The van der Waals surface area contributed by atoms with Crippen LogP contribution in [0.4, 0.5) is 4.79 Å². The number of hydrogen-bond donors (Lipinski definition) is 2. The highest BCUT2D eigenvalue weighted by molar-refractivity contribution is 5.68. The number of aliphatic hydroxyl groups excluding tert-OH is 1. The van der Waals surface area contributed by atoms with E-state index in [9.17, 15) is 9.90 Å². The first-order valence-electron chi connectivity index (χ1n) is 7.21. The molecule has 0 fully saturated rings. The van der Waals surface area contributed by atoms with Crippen LogP contribution in [0.25, 0.3) is 0 Å². The van der Waals surface area contributed by atoms with Gasteiger partial charge in [0.05, 0.1) is 19.8 Å². The van der Waals surface area contributed by atoms with Crippen LogP contribution in [0.5, 0.6) is 5.75 Å². The third kappa shape index (κ3) is 4.93. The molecule has 5 nitrogen and oxygen atoms in total. The predicted octanol–water partition coefficient (Wildman–Crippen LogP) is 2.75. The summed E-state index contributed by atoms with van der Waals surface area (Å²) < 4.78 is 10.1. The Morgan fingerprint density at radius 2 is 1.90 bits per heavy atom. The van der Waals surface area contributed by atoms with Gasteiger partial charge in [-0.05, 0) is 30.5 Å². The standard InChI is InChI=1S/C16H25NO4/c1-5-21-16(19)17-15(14(10-18)11(2)3)12-6-8-13(20-4)9-7-12/h6-9,11,14-15,18H,5,10H2,1-4H3,(H,17,19)/t14-,15+/m0/s1. The monoisotopic (exact) mass is 295 g/mol. The highest BCUT2D eigenvalue weighted by atomic mass is 16.5. The zero-order valence-electron chi connectivity index (χ0n) is 13.1. The smallest absolute Gasteiger partial charge is 0.407 e. The van der Waals surface area contributed by atoms with E-state index >= 15 is 0 Å². The number of aliphatic hydroxyl groups is 1. The molecule has 21 heavy (non-hydrogen) atoms. The molecule has 2 atom stereocenters. The van der Waals surface area contributed by atoms with Gasteiger partial charge in [0.1, 0.15) is 5.75 Å². The Hall–Kier alpha value is -1.75. The van der Waals surface area contributed by atoms with E-state index in [0.717, 1.165) is 11.3 Å². The first-order valence-corrected chi connectivity index (χ1v) is 7.21. The molecule has 1 rings (SSSR count). The summed E-state index contributed by atoms with van der Waals surface area (Å²) in [5, 5.41) is 12.5. The second-order valence-corrected chi connectivity index (χ2v) is 5.21. The molecular formula is C16H25NO4. The highest BCUT2D eigenvalue weighted by Gasteiger charge is 2.27. The average molecular weight is 295 g/mol. The van der Waals surface area contributed by atoms with E-state index in [2.05, 4.69) is 5.32 Å². The lowest BCUT2D eigenvalue weighted by atomic mass is 9.85. The van der Waals surface area contributed by atoms with Gasteiger partial charge >= 0.3 is 6.09 Å². The fraction of sp³-hybridized carbons (Fsp3) is 0.562. The quantitative estimate of drug-likeness (QED) is 0.811. The third-order valence-corrected chi connectivity index (χ3v) is 3.52. The lowest BCUT2D eigenvalue weighted by Crippen LogP contribution is -2.37. The van der Waals surface area contributed by atoms with Gasteiger partial charge in [-0.1, -0.05) is 26.0 Å². The number of carbonyl (C=O) groups is 1. The molecule has 0 saturated carbocycles. The molecule has 0 aliphatic heterocycles. The Morgan fingerprint density at radius 3 is 2.33 bits per heavy atom. The Morgan fingerprint density at radius 1 is 1.29 bits per heavy atom. The van der Waals surface area contributed by atoms with Gasteiger partial charge in [0.25, 0.3) is 0 Å². The van der Waals surface area contributed by atoms with Crippen LogP contribution in [0.1, 0.15) is 32.4 Å². The molecule has 1 aromatic carbocycles. The molecule has 1 aromatic rings. The van der Waals surface area contributed by atoms with Crippen molar-refractivity contribution in [3.8, 4) is 5.75 Å². The number of alkyl carbamates (subject to hydrolysis) is 1. The van der Waals surface area contributed by atoms with Gasteiger partial charge in [-0.25, -0.2) is 4.79 Å². The molecule has 0 aliphatic rings. The van der Waals surface area contributed by atoms with Crippen LogP contribution in [0, 0.1) is 11.8 Å². The maximum atomic E-state index is 11.8. The number of methoxy groups -OCH3 is 1. The first kappa shape index (κ1) is 17.3. The highest BCUT2D eigenvalue weighted by Crippen LogP contribution is 2.29. The number of amides is 1. The Kier molecular flexibility index (Phi) is 7.02. The van der Waals surface area contributed by atoms with Crippen molar-refractivity contribution in [1.82, 2.24) is 5.32 Å². The summed E-state index contributed by atoms with van der Waals surface area (Å²) in [6, 6.07) is 7.15. The predicted molar refractivity (Wildman–Crippen MR) is 81.3 cm³/mol. The van der Waals surface area contributed by atoms with E-state index in [0.29, 0.717) is 6.61 Å². The maximum absolute atomic E-state index is 11.8. The van der Waals surface area contributed by atoms with Crippen molar-refractivity contribution in [2.24, 2.45) is 11.8 Å². The minimum Gasteiger partial charge on any atom is -0.497 e. The van der Waals surface area contributed by atoms with Crippen molar-refractivity contribution < 1.29 is 19.4 Å². The molecule has 0 aromatic heterocycles. The normalized spacial score (nSPS) is 13.6. The molecule has 0 unspecified atom stereocenters. The van der Waals surface area contributed by atoms with Crippen molar-refractivity contribution in [3.05, 3.63) is 29.8 Å². The first-order chi connectivity index (χ1) is 10.0. The molecular weight excluding hydrogens is 270 g/mol. The van der Waals surface area contributed by atoms with Crippen LogP contribution in [0.15, 0.2) is 24.3 Å². The van der Waals surface area contributed by atoms with Crippen LogP contribution in [0.3, 0.4) is 0 Å². The van der Waals surface area contributed by atoms with E-state index in [1.54, 1.807) is 14.0 Å². The summed E-state index contributed by atoms with van der Waals surface area (Å²) in [5.74, 6) is 0.866. The topological polar surface area (TPSA) is 67.8 Å². The Balaban J connectivity index is 3.01. The molecule has 0 radical (unpaired) electrons. The van der Waals surface area contributed by atoms with E-state index in [1.807, 2.05) is 38.1 Å². The van der Waals surface area contributed by atoms with Gasteiger partial charge in [-0.15, -0.1) is 0 Å². The van der Waals surface area contributed by atoms with Gasteiger partial charge in [-0.2, -0.15) is 0 Å². The number of carbonyl (C=O) groups excluding carboxylic acids is 1. The fourth-order valence-electron chi connectivity index (χ4n) is 2.25. The Bertz CT molecular complexity index is 430. The lowest BCUT2D eigenvalue weighted by Gasteiger charge is -2.29. The van der Waals surface area contributed by atoms with E-state index in [-0.39, 0.29) is 24.5 Å². The van der Waals surface area contributed by atoms with E-state index in [4.69, 9.17) is 9.47 Å². The van der Waals surface area contributed by atoms with Crippen molar-refractivity contribution in [2.75, 3.05) is 20.3 Å². The number of ether oxygens (including phenoxy) is 2. The number of benzene rings is 1. The molecule has 0 spiro atoms. The SMILES string of the molecule is CCOC(=O)N[C@H](c1ccc(OC)cc1)[C@@H](CO)C(C)C. The average Bonchev–Trinajstić information content (AvgIpc) is 2.47. The summed E-state index contributed by atoms with van der Waals surface area (Å²) in [7, 11) is 1.61. The zero-order valence-corrected chi connectivity index (χ0v) is 13.1. The molecule has 118 valence electrons. The minimum absolute atomic E-state index is 0.0131. The van der Waals surface area contributed by atoms with Crippen LogP contribution < -0.4 is 10.1 Å².